The van der Waals surface area contributed by atoms with E-state index in [1.807, 2.05) is 0 Å². The van der Waals surface area contributed by atoms with Crippen molar-refractivity contribution in [2.45, 2.75) is 18.5 Å². The Kier molecular flexibility index (Phi) is 5.70. The van der Waals surface area contributed by atoms with Gasteiger partial charge < -0.3 is 10.2 Å². The summed E-state index contributed by atoms with van der Waals surface area (Å²) < 4.78 is 57.5. The molecule has 10 heteroatoms. The van der Waals surface area contributed by atoms with Crippen LogP contribution in [-0.4, -0.2) is 40.8 Å². The van der Waals surface area contributed by atoms with Crippen LogP contribution >= 0.6 is 0 Å². The highest BCUT2D eigenvalue weighted by Gasteiger charge is 2.44. The highest BCUT2D eigenvalue weighted by atomic mass is 32.2. The molecule has 0 aliphatic rings. The number of alkyl halides is 3. The number of hydrogen-bond donors (Lipinski definition) is 3. The molecule has 0 aromatic rings. The van der Waals surface area contributed by atoms with E-state index in [1.165, 1.54) is 6.92 Å². The van der Waals surface area contributed by atoms with Gasteiger partial charge in [0.05, 0.1) is 0 Å². The maximum atomic E-state index is 10.7. The molecule has 0 aliphatic carbocycles. The van der Waals surface area contributed by atoms with Crippen molar-refractivity contribution in [2.75, 3.05) is 0 Å². The number of carboxylic acids is 1. The lowest BCUT2D eigenvalue weighted by Crippen LogP contribution is -2.21. The SMILES string of the molecule is C[C@@H](O)C(=O)O.O=S(=O)(O)C(F)(F)F. The molecule has 86 valence electrons. The van der Waals surface area contributed by atoms with E-state index in [0.717, 1.165) is 0 Å². The summed E-state index contributed by atoms with van der Waals surface area (Å²) in [5.41, 5.74) is -5.53. The van der Waals surface area contributed by atoms with Gasteiger partial charge in [0.1, 0.15) is 6.10 Å². The Labute approximate surface area is 76.7 Å². The molecule has 0 saturated heterocycles. The standard InChI is InChI=1S/C3H6O3.CHF3O3S/c1-2(4)3(5)6;2-1(3,4)8(5,6)7/h2,4H,1H3,(H,5,6);(H,5,6,7)/t2-;/m1./s1. The van der Waals surface area contributed by atoms with E-state index in [0.29, 0.717) is 0 Å². The average Bonchev–Trinajstić information content (AvgIpc) is 1.83. The molecule has 0 saturated carbocycles. The minimum Gasteiger partial charge on any atom is -0.479 e. The molecule has 6 nitrogen and oxygen atoms in total. The number of aliphatic carboxylic acids is 1. The number of carboxylic acid groups (broad SMARTS) is 1. The van der Waals surface area contributed by atoms with Crippen molar-refractivity contribution >= 4 is 16.1 Å². The Balaban J connectivity index is 0. The first-order valence-corrected chi connectivity index (χ1v) is 4.28. The van der Waals surface area contributed by atoms with Gasteiger partial charge in [-0.05, 0) is 6.92 Å². The molecule has 14 heavy (non-hydrogen) atoms. The number of carbonyl (C=O) groups is 1. The van der Waals surface area contributed by atoms with Crippen LogP contribution in [0.3, 0.4) is 0 Å². The molecular formula is C4H7F3O6S. The summed E-state index contributed by atoms with van der Waals surface area (Å²) in [6.07, 6.45) is -1.23. The van der Waals surface area contributed by atoms with Crippen molar-refractivity contribution in [3.63, 3.8) is 0 Å². The van der Waals surface area contributed by atoms with Crippen LogP contribution in [0.25, 0.3) is 0 Å². The average molecular weight is 240 g/mol. The molecule has 0 aromatic carbocycles. The molecule has 0 bridgehead atoms. The van der Waals surface area contributed by atoms with Gasteiger partial charge >= 0.3 is 21.6 Å². The molecule has 0 rings (SSSR count). The van der Waals surface area contributed by atoms with E-state index >= 15 is 0 Å². The summed E-state index contributed by atoms with van der Waals surface area (Å²) >= 11 is 0. The second-order valence-corrected chi connectivity index (χ2v) is 3.35. The van der Waals surface area contributed by atoms with Crippen molar-refractivity contribution in [1.29, 1.82) is 0 Å². The van der Waals surface area contributed by atoms with Crippen LogP contribution in [0, 0.1) is 0 Å². The Morgan fingerprint density at radius 2 is 1.50 bits per heavy atom. The quantitative estimate of drug-likeness (QED) is 0.434. The van der Waals surface area contributed by atoms with Crippen LogP contribution in [0.5, 0.6) is 0 Å². The zero-order chi connectivity index (χ0) is 12.2. The number of aliphatic hydroxyl groups excluding tert-OH is 1. The van der Waals surface area contributed by atoms with E-state index in [2.05, 4.69) is 0 Å². The number of aliphatic hydroxyl groups is 1. The van der Waals surface area contributed by atoms with Crippen molar-refractivity contribution in [3.05, 3.63) is 0 Å². The third-order valence-corrected chi connectivity index (χ3v) is 1.23. The van der Waals surface area contributed by atoms with Gasteiger partial charge in [-0.15, -0.1) is 0 Å². The van der Waals surface area contributed by atoms with Gasteiger partial charge in [-0.25, -0.2) is 4.79 Å². The summed E-state index contributed by atoms with van der Waals surface area (Å²) in [7, 11) is -5.84. The highest BCUT2D eigenvalue weighted by Crippen LogP contribution is 2.20. The molecule has 0 aromatic heterocycles. The predicted octanol–water partition coefficient (Wildman–Crippen LogP) is -0.154. The van der Waals surface area contributed by atoms with Crippen molar-refractivity contribution < 1.29 is 41.1 Å². The fourth-order valence-corrected chi connectivity index (χ4v) is 0. The van der Waals surface area contributed by atoms with Crippen molar-refractivity contribution in [1.82, 2.24) is 0 Å². The van der Waals surface area contributed by atoms with Crippen LogP contribution in [0.1, 0.15) is 6.92 Å². The lowest BCUT2D eigenvalue weighted by atomic mass is 10.4. The van der Waals surface area contributed by atoms with Crippen LogP contribution in [0.4, 0.5) is 13.2 Å². The Hall–Kier alpha value is -0.870. The molecule has 0 heterocycles. The normalized spacial score (nSPS) is 13.9. The molecule has 1 atom stereocenters. The largest absolute Gasteiger partial charge is 0.522 e. The van der Waals surface area contributed by atoms with Gasteiger partial charge in [-0.3, -0.25) is 4.55 Å². The molecule has 0 spiro atoms. The summed E-state index contributed by atoms with van der Waals surface area (Å²) in [5.74, 6) is -1.19. The smallest absolute Gasteiger partial charge is 0.479 e. The van der Waals surface area contributed by atoms with E-state index in [9.17, 15) is 18.0 Å². The lowest BCUT2D eigenvalue weighted by molar-refractivity contribution is -0.145. The first-order chi connectivity index (χ1) is 5.89. The van der Waals surface area contributed by atoms with E-state index in [4.69, 9.17) is 23.2 Å². The summed E-state index contributed by atoms with van der Waals surface area (Å²) in [5, 5.41) is 15.8. The second kappa shape index (κ2) is 5.12. The number of hydrogen-bond acceptors (Lipinski definition) is 4. The van der Waals surface area contributed by atoms with Crippen LogP contribution in [-0.2, 0) is 14.9 Å². The van der Waals surface area contributed by atoms with Gasteiger partial charge in [0, 0.05) is 0 Å². The maximum absolute atomic E-state index is 10.7. The third-order valence-electron chi connectivity index (χ3n) is 0.650. The predicted molar refractivity (Wildman–Crippen MR) is 36.9 cm³/mol. The fraction of sp³-hybridized carbons (Fsp3) is 0.750. The number of rotatable bonds is 1. The Bertz CT molecular complexity index is 278. The zero-order valence-electron chi connectivity index (χ0n) is 6.69. The van der Waals surface area contributed by atoms with Crippen LogP contribution in [0.2, 0.25) is 0 Å². The van der Waals surface area contributed by atoms with Gasteiger partial charge in [-0.2, -0.15) is 21.6 Å². The molecule has 0 radical (unpaired) electrons. The van der Waals surface area contributed by atoms with Crippen LogP contribution in [0.15, 0.2) is 0 Å². The van der Waals surface area contributed by atoms with Gasteiger partial charge in [0.25, 0.3) is 0 Å². The van der Waals surface area contributed by atoms with Gasteiger partial charge in [-0.1, -0.05) is 0 Å². The molecule has 0 unspecified atom stereocenters. The monoisotopic (exact) mass is 240 g/mol. The zero-order valence-corrected chi connectivity index (χ0v) is 7.50. The molecule has 0 aliphatic heterocycles. The van der Waals surface area contributed by atoms with Gasteiger partial charge in [0.15, 0.2) is 0 Å². The lowest BCUT2D eigenvalue weighted by Gasteiger charge is -1.97. The van der Waals surface area contributed by atoms with Crippen molar-refractivity contribution in [2.24, 2.45) is 0 Å². The topological polar surface area (TPSA) is 112 Å². The van der Waals surface area contributed by atoms with E-state index < -0.39 is 27.7 Å². The summed E-state index contributed by atoms with van der Waals surface area (Å²) in [6.45, 7) is 1.20. The Morgan fingerprint density at radius 1 is 1.36 bits per heavy atom. The summed E-state index contributed by atoms with van der Waals surface area (Å²) in [4.78, 5) is 9.45. The van der Waals surface area contributed by atoms with Gasteiger partial charge in [0.2, 0.25) is 0 Å². The first-order valence-electron chi connectivity index (χ1n) is 2.84. The fourth-order valence-electron chi connectivity index (χ4n) is 0. The third kappa shape index (κ3) is 7.76. The molecule has 0 amide bonds. The minimum absolute atomic E-state index is 1.19. The highest BCUT2D eigenvalue weighted by molar-refractivity contribution is 7.86. The number of halogens is 3. The van der Waals surface area contributed by atoms with E-state index in [-0.39, 0.29) is 0 Å². The van der Waals surface area contributed by atoms with Crippen molar-refractivity contribution in [3.8, 4) is 0 Å². The first kappa shape index (κ1) is 15.6. The van der Waals surface area contributed by atoms with E-state index in [1.54, 1.807) is 0 Å². The Morgan fingerprint density at radius 3 is 1.50 bits per heavy atom. The van der Waals surface area contributed by atoms with Crippen LogP contribution < -0.4 is 0 Å². The minimum atomic E-state index is -5.84. The second-order valence-electron chi connectivity index (χ2n) is 1.94. The molecular weight excluding hydrogens is 233 g/mol. The molecule has 3 N–H and O–H groups in total. The summed E-state index contributed by atoms with van der Waals surface area (Å²) in [6, 6.07) is 0. The maximum Gasteiger partial charge on any atom is 0.522 e. The molecule has 0 fully saturated rings.